The fourth-order valence-corrected chi connectivity index (χ4v) is 0.989. The van der Waals surface area contributed by atoms with Gasteiger partial charge in [-0.25, -0.2) is 0 Å². The molecule has 1 atom stereocenters. The van der Waals surface area contributed by atoms with Crippen LogP contribution in [0, 0.1) is 5.92 Å². The molecule has 0 aliphatic rings. The van der Waals surface area contributed by atoms with Gasteiger partial charge in [0.15, 0.2) is 0 Å². The zero-order valence-electron chi connectivity index (χ0n) is 8.81. The molecule has 1 rings (SSSR count). The van der Waals surface area contributed by atoms with Crippen molar-refractivity contribution in [2.45, 2.75) is 26.5 Å². The molecule has 0 bridgehead atoms. The molecule has 0 amide bonds. The fraction of sp³-hybridized carbons (Fsp3) is 0.545. The van der Waals surface area contributed by atoms with Crippen LogP contribution in [0.2, 0.25) is 0 Å². The maximum atomic E-state index is 5.84. The van der Waals surface area contributed by atoms with Gasteiger partial charge < -0.3 is 10.5 Å². The molecule has 0 aliphatic heterocycles. The first kappa shape index (κ1) is 11.1. The summed E-state index contributed by atoms with van der Waals surface area (Å²) in [6, 6.07) is 4.02. The molecule has 3 heteroatoms. The Morgan fingerprint density at radius 1 is 1.50 bits per heavy atom. The van der Waals surface area contributed by atoms with Crippen LogP contribution >= 0.6 is 0 Å². The van der Waals surface area contributed by atoms with Crippen molar-refractivity contribution in [2.24, 2.45) is 11.7 Å². The molecule has 1 aromatic rings. The van der Waals surface area contributed by atoms with Crippen molar-refractivity contribution in [3.63, 3.8) is 0 Å². The van der Waals surface area contributed by atoms with Gasteiger partial charge in [-0.15, -0.1) is 0 Å². The third kappa shape index (κ3) is 3.85. The molecular weight excluding hydrogens is 176 g/mol. The molecule has 1 aromatic heterocycles. The van der Waals surface area contributed by atoms with Crippen molar-refractivity contribution >= 4 is 0 Å². The zero-order chi connectivity index (χ0) is 10.4. The molecule has 0 spiro atoms. The van der Waals surface area contributed by atoms with E-state index in [-0.39, 0.29) is 6.04 Å². The highest BCUT2D eigenvalue weighted by Crippen LogP contribution is 2.02. The number of pyridine rings is 1. The minimum absolute atomic E-state index is 0.117. The number of rotatable bonds is 5. The largest absolute Gasteiger partial charge is 0.375 e. The summed E-state index contributed by atoms with van der Waals surface area (Å²) in [4.78, 5) is 4.01. The molecule has 0 aromatic carbocycles. The Morgan fingerprint density at radius 3 is 2.86 bits per heavy atom. The number of hydrogen-bond donors (Lipinski definition) is 1. The third-order valence-corrected chi connectivity index (χ3v) is 2.16. The molecule has 2 N–H and O–H groups in total. The average Bonchev–Trinajstić information content (AvgIpc) is 2.19. The van der Waals surface area contributed by atoms with Crippen LogP contribution in [0.3, 0.4) is 0 Å². The lowest BCUT2D eigenvalue weighted by molar-refractivity contribution is 0.0971. The van der Waals surface area contributed by atoms with Gasteiger partial charge in [0.2, 0.25) is 0 Å². The Bertz CT molecular complexity index is 249. The van der Waals surface area contributed by atoms with E-state index in [1.54, 1.807) is 12.4 Å². The molecule has 0 radical (unpaired) electrons. The van der Waals surface area contributed by atoms with Gasteiger partial charge in [-0.3, -0.25) is 4.98 Å². The summed E-state index contributed by atoms with van der Waals surface area (Å²) >= 11 is 0. The minimum Gasteiger partial charge on any atom is -0.375 e. The standard InChI is InChI=1S/C11H18N2O/c1-9(2)11(12)8-14-7-10-4-3-5-13-6-10/h3-6,9,11H,7-8,12H2,1-2H3/t11-/m0/s1. The first-order valence-corrected chi connectivity index (χ1v) is 4.92. The quantitative estimate of drug-likeness (QED) is 0.774. The van der Waals surface area contributed by atoms with Gasteiger partial charge >= 0.3 is 0 Å². The molecular formula is C11H18N2O. The van der Waals surface area contributed by atoms with E-state index in [0.717, 1.165) is 5.56 Å². The van der Waals surface area contributed by atoms with Crippen LogP contribution in [-0.2, 0) is 11.3 Å². The van der Waals surface area contributed by atoms with Crippen LogP contribution in [-0.4, -0.2) is 17.6 Å². The van der Waals surface area contributed by atoms with Crippen molar-refractivity contribution in [1.82, 2.24) is 4.98 Å². The van der Waals surface area contributed by atoms with Crippen molar-refractivity contribution in [1.29, 1.82) is 0 Å². The van der Waals surface area contributed by atoms with E-state index < -0.39 is 0 Å². The van der Waals surface area contributed by atoms with Crippen molar-refractivity contribution in [3.8, 4) is 0 Å². The van der Waals surface area contributed by atoms with Gasteiger partial charge in [0.25, 0.3) is 0 Å². The van der Waals surface area contributed by atoms with Crippen LogP contribution in [0.1, 0.15) is 19.4 Å². The third-order valence-electron chi connectivity index (χ3n) is 2.16. The lowest BCUT2D eigenvalue weighted by atomic mass is 10.1. The van der Waals surface area contributed by atoms with E-state index >= 15 is 0 Å². The molecule has 14 heavy (non-hydrogen) atoms. The summed E-state index contributed by atoms with van der Waals surface area (Å²) in [5, 5.41) is 0. The Balaban J connectivity index is 2.22. The van der Waals surface area contributed by atoms with E-state index in [1.807, 2.05) is 12.1 Å². The second-order valence-corrected chi connectivity index (χ2v) is 3.78. The van der Waals surface area contributed by atoms with Crippen LogP contribution < -0.4 is 5.73 Å². The Hall–Kier alpha value is -0.930. The number of aromatic nitrogens is 1. The summed E-state index contributed by atoms with van der Waals surface area (Å²) in [5.74, 6) is 0.462. The highest BCUT2D eigenvalue weighted by molar-refractivity contribution is 5.06. The fourth-order valence-electron chi connectivity index (χ4n) is 0.989. The van der Waals surface area contributed by atoms with Crippen molar-refractivity contribution in [3.05, 3.63) is 30.1 Å². The van der Waals surface area contributed by atoms with Crippen LogP contribution in [0.5, 0.6) is 0 Å². The van der Waals surface area contributed by atoms with Crippen LogP contribution in [0.4, 0.5) is 0 Å². The first-order chi connectivity index (χ1) is 6.70. The number of hydrogen-bond acceptors (Lipinski definition) is 3. The maximum absolute atomic E-state index is 5.84. The Labute approximate surface area is 85.3 Å². The van der Waals surface area contributed by atoms with Gasteiger partial charge in [-0.2, -0.15) is 0 Å². The highest BCUT2D eigenvalue weighted by Gasteiger charge is 2.06. The average molecular weight is 194 g/mol. The highest BCUT2D eigenvalue weighted by atomic mass is 16.5. The lowest BCUT2D eigenvalue weighted by Gasteiger charge is -2.15. The van der Waals surface area contributed by atoms with Gasteiger partial charge in [-0.05, 0) is 17.5 Å². The summed E-state index contributed by atoms with van der Waals surface area (Å²) in [5.41, 5.74) is 6.93. The summed E-state index contributed by atoms with van der Waals surface area (Å²) in [6.07, 6.45) is 3.56. The van der Waals surface area contributed by atoms with Gasteiger partial charge in [0, 0.05) is 18.4 Å². The second kappa shape index (κ2) is 5.73. The molecule has 1 heterocycles. The number of nitrogens with zero attached hydrogens (tertiary/aromatic N) is 1. The SMILES string of the molecule is CC(C)[C@@H](N)COCc1cccnc1. The maximum Gasteiger partial charge on any atom is 0.0732 e. The molecule has 0 saturated heterocycles. The Kier molecular flexibility index (Phi) is 4.56. The van der Waals surface area contributed by atoms with Crippen LogP contribution in [0.15, 0.2) is 24.5 Å². The molecule has 3 nitrogen and oxygen atoms in total. The van der Waals surface area contributed by atoms with E-state index in [0.29, 0.717) is 19.1 Å². The number of nitrogens with two attached hydrogens (primary N) is 1. The monoisotopic (exact) mass is 194 g/mol. The van der Waals surface area contributed by atoms with E-state index in [1.165, 1.54) is 0 Å². The van der Waals surface area contributed by atoms with Gasteiger partial charge in [0.1, 0.15) is 0 Å². The van der Waals surface area contributed by atoms with Crippen molar-refractivity contribution < 1.29 is 4.74 Å². The van der Waals surface area contributed by atoms with Gasteiger partial charge in [-0.1, -0.05) is 19.9 Å². The summed E-state index contributed by atoms with van der Waals surface area (Å²) in [7, 11) is 0. The lowest BCUT2D eigenvalue weighted by Crippen LogP contribution is -2.31. The van der Waals surface area contributed by atoms with E-state index in [9.17, 15) is 0 Å². The predicted octanol–water partition coefficient (Wildman–Crippen LogP) is 1.58. The summed E-state index contributed by atoms with van der Waals surface area (Å²) < 4.78 is 5.48. The molecule has 0 saturated carbocycles. The second-order valence-electron chi connectivity index (χ2n) is 3.78. The zero-order valence-corrected chi connectivity index (χ0v) is 8.81. The van der Waals surface area contributed by atoms with E-state index in [2.05, 4.69) is 18.8 Å². The molecule has 0 aliphatic carbocycles. The topological polar surface area (TPSA) is 48.1 Å². The molecule has 0 fully saturated rings. The smallest absolute Gasteiger partial charge is 0.0732 e. The van der Waals surface area contributed by atoms with Gasteiger partial charge in [0.05, 0.1) is 13.2 Å². The summed E-state index contributed by atoms with van der Waals surface area (Å²) in [6.45, 7) is 5.39. The van der Waals surface area contributed by atoms with Crippen molar-refractivity contribution in [2.75, 3.05) is 6.61 Å². The molecule has 78 valence electrons. The molecule has 0 unspecified atom stereocenters. The Morgan fingerprint density at radius 2 is 2.29 bits per heavy atom. The predicted molar refractivity (Wildman–Crippen MR) is 56.7 cm³/mol. The first-order valence-electron chi connectivity index (χ1n) is 4.92. The van der Waals surface area contributed by atoms with E-state index in [4.69, 9.17) is 10.5 Å². The normalized spacial score (nSPS) is 13.1. The van der Waals surface area contributed by atoms with Crippen LogP contribution in [0.25, 0.3) is 0 Å². The number of ether oxygens (including phenoxy) is 1. The minimum atomic E-state index is 0.117.